The normalized spacial score (nSPS) is 29.9. The highest BCUT2D eigenvalue weighted by Gasteiger charge is 2.22. The lowest BCUT2D eigenvalue weighted by molar-refractivity contribution is -0.0464. The first-order valence-electron chi connectivity index (χ1n) is 7.56. The van der Waals surface area contributed by atoms with Gasteiger partial charge in [-0.05, 0) is 43.4 Å². The molecule has 0 amide bonds. The van der Waals surface area contributed by atoms with Crippen LogP contribution in [0, 0.1) is 17.8 Å². The molecule has 2 heteroatoms. The molecule has 0 aromatic carbocycles. The molecule has 0 aromatic heterocycles. The Bertz CT molecular complexity index is 277. The van der Waals surface area contributed by atoms with Gasteiger partial charge in [-0.15, -0.1) is 0 Å². The van der Waals surface area contributed by atoms with Gasteiger partial charge in [-0.25, -0.2) is 0 Å². The molecule has 2 rings (SSSR count). The van der Waals surface area contributed by atoms with E-state index in [1.54, 1.807) is 5.57 Å². The van der Waals surface area contributed by atoms with Crippen molar-refractivity contribution in [1.29, 1.82) is 0 Å². The third-order valence-corrected chi connectivity index (χ3v) is 3.97. The van der Waals surface area contributed by atoms with E-state index in [0.717, 1.165) is 43.8 Å². The molecule has 1 aliphatic carbocycles. The maximum atomic E-state index is 5.51. The Kier molecular flexibility index (Phi) is 5.25. The minimum Gasteiger partial charge on any atom is -0.350 e. The predicted molar refractivity (Wildman–Crippen MR) is 74.4 cm³/mol. The summed E-state index contributed by atoms with van der Waals surface area (Å²) in [5, 5.41) is 0. The van der Waals surface area contributed by atoms with Crippen LogP contribution in [0.5, 0.6) is 0 Å². The highest BCUT2D eigenvalue weighted by molar-refractivity contribution is 5.09. The lowest BCUT2D eigenvalue weighted by Crippen LogP contribution is -2.16. The van der Waals surface area contributed by atoms with Gasteiger partial charge in [-0.2, -0.15) is 0 Å². The fourth-order valence-corrected chi connectivity index (χ4v) is 3.43. The van der Waals surface area contributed by atoms with Crippen LogP contribution in [0.2, 0.25) is 0 Å². The van der Waals surface area contributed by atoms with Crippen LogP contribution in [0.4, 0.5) is 0 Å². The molecule has 2 unspecified atom stereocenters. The first-order chi connectivity index (χ1) is 8.63. The van der Waals surface area contributed by atoms with E-state index in [0.29, 0.717) is 0 Å². The first kappa shape index (κ1) is 14.1. The zero-order chi connectivity index (χ0) is 13.0. The average molecular weight is 252 g/mol. The molecule has 0 bridgehead atoms. The van der Waals surface area contributed by atoms with Gasteiger partial charge in [0.25, 0.3) is 0 Å². The molecule has 18 heavy (non-hydrogen) atoms. The van der Waals surface area contributed by atoms with E-state index < -0.39 is 0 Å². The SMILES string of the molecule is CC(C)CC1CC(CCC2OCCO2)=CC(C)C1. The van der Waals surface area contributed by atoms with Crippen LogP contribution < -0.4 is 0 Å². The zero-order valence-electron chi connectivity index (χ0n) is 12.2. The highest BCUT2D eigenvalue weighted by atomic mass is 16.7. The Labute approximate surface area is 112 Å². The number of hydrogen-bond donors (Lipinski definition) is 0. The van der Waals surface area contributed by atoms with Gasteiger partial charge < -0.3 is 9.47 Å². The van der Waals surface area contributed by atoms with Crippen LogP contribution in [0.15, 0.2) is 11.6 Å². The molecule has 1 aliphatic heterocycles. The molecule has 2 aliphatic rings. The smallest absolute Gasteiger partial charge is 0.158 e. The van der Waals surface area contributed by atoms with Gasteiger partial charge in [0.05, 0.1) is 13.2 Å². The molecule has 2 nitrogen and oxygen atoms in total. The second-order valence-electron chi connectivity index (χ2n) is 6.45. The van der Waals surface area contributed by atoms with Crippen molar-refractivity contribution < 1.29 is 9.47 Å². The Hall–Kier alpha value is -0.340. The fourth-order valence-electron chi connectivity index (χ4n) is 3.43. The standard InChI is InChI=1S/C16H28O2/c1-12(2)8-15-10-13(3)9-14(11-15)4-5-16-17-6-7-18-16/h9,12-13,15-16H,4-8,10-11H2,1-3H3. The van der Waals surface area contributed by atoms with Gasteiger partial charge in [0.15, 0.2) is 6.29 Å². The van der Waals surface area contributed by atoms with Gasteiger partial charge in [-0.3, -0.25) is 0 Å². The molecular formula is C16H28O2. The monoisotopic (exact) mass is 252 g/mol. The molecule has 0 spiro atoms. The number of hydrogen-bond acceptors (Lipinski definition) is 2. The number of allylic oxidation sites excluding steroid dienone is 2. The van der Waals surface area contributed by atoms with Crippen LogP contribution in [0.1, 0.15) is 52.9 Å². The molecule has 0 aromatic rings. The van der Waals surface area contributed by atoms with E-state index in [1.165, 1.54) is 19.3 Å². The Morgan fingerprint density at radius 2 is 2.00 bits per heavy atom. The van der Waals surface area contributed by atoms with Crippen LogP contribution in [-0.4, -0.2) is 19.5 Å². The molecule has 1 fully saturated rings. The summed E-state index contributed by atoms with van der Waals surface area (Å²) in [7, 11) is 0. The molecule has 0 saturated carbocycles. The molecule has 1 saturated heterocycles. The summed E-state index contributed by atoms with van der Waals surface area (Å²) in [6.07, 6.45) is 8.79. The highest BCUT2D eigenvalue weighted by Crippen LogP contribution is 2.34. The summed E-state index contributed by atoms with van der Waals surface area (Å²) >= 11 is 0. The van der Waals surface area contributed by atoms with Gasteiger partial charge >= 0.3 is 0 Å². The summed E-state index contributed by atoms with van der Waals surface area (Å²) in [6, 6.07) is 0. The molecule has 0 N–H and O–H groups in total. The largest absolute Gasteiger partial charge is 0.350 e. The summed E-state index contributed by atoms with van der Waals surface area (Å²) < 4.78 is 11.0. The third kappa shape index (κ3) is 4.40. The van der Waals surface area contributed by atoms with E-state index in [1.807, 2.05) is 0 Å². The average Bonchev–Trinajstić information content (AvgIpc) is 2.77. The second kappa shape index (κ2) is 6.72. The molecule has 1 heterocycles. The summed E-state index contributed by atoms with van der Waals surface area (Å²) in [6.45, 7) is 8.58. The van der Waals surface area contributed by atoms with Crippen molar-refractivity contribution in [3.05, 3.63) is 11.6 Å². The summed E-state index contributed by atoms with van der Waals surface area (Å²) in [5.41, 5.74) is 1.64. The molecule has 104 valence electrons. The van der Waals surface area contributed by atoms with E-state index in [-0.39, 0.29) is 6.29 Å². The fraction of sp³-hybridized carbons (Fsp3) is 0.875. The summed E-state index contributed by atoms with van der Waals surface area (Å²) in [5.74, 6) is 2.47. The number of rotatable bonds is 5. The first-order valence-corrected chi connectivity index (χ1v) is 7.56. The minimum atomic E-state index is 0.0617. The van der Waals surface area contributed by atoms with Crippen molar-refractivity contribution in [1.82, 2.24) is 0 Å². The van der Waals surface area contributed by atoms with Gasteiger partial charge in [-0.1, -0.05) is 32.4 Å². The van der Waals surface area contributed by atoms with Crippen LogP contribution >= 0.6 is 0 Å². The lowest BCUT2D eigenvalue weighted by atomic mass is 9.78. The Balaban J connectivity index is 1.79. The Morgan fingerprint density at radius 3 is 2.67 bits per heavy atom. The van der Waals surface area contributed by atoms with Crippen molar-refractivity contribution >= 4 is 0 Å². The zero-order valence-corrected chi connectivity index (χ0v) is 12.2. The van der Waals surface area contributed by atoms with Crippen molar-refractivity contribution in [2.45, 2.75) is 59.2 Å². The van der Waals surface area contributed by atoms with Crippen molar-refractivity contribution in [2.75, 3.05) is 13.2 Å². The van der Waals surface area contributed by atoms with E-state index in [4.69, 9.17) is 9.47 Å². The Morgan fingerprint density at radius 1 is 1.28 bits per heavy atom. The summed E-state index contributed by atoms with van der Waals surface area (Å²) in [4.78, 5) is 0. The topological polar surface area (TPSA) is 18.5 Å². The second-order valence-corrected chi connectivity index (χ2v) is 6.45. The predicted octanol–water partition coefficient (Wildman–Crippen LogP) is 4.16. The van der Waals surface area contributed by atoms with Crippen molar-refractivity contribution in [2.24, 2.45) is 17.8 Å². The third-order valence-electron chi connectivity index (χ3n) is 3.97. The lowest BCUT2D eigenvalue weighted by Gasteiger charge is -2.28. The molecule has 0 radical (unpaired) electrons. The minimum absolute atomic E-state index is 0.0617. The van der Waals surface area contributed by atoms with Gasteiger partial charge in [0.2, 0.25) is 0 Å². The van der Waals surface area contributed by atoms with Gasteiger partial charge in [0, 0.05) is 6.42 Å². The van der Waals surface area contributed by atoms with Crippen molar-refractivity contribution in [3.63, 3.8) is 0 Å². The van der Waals surface area contributed by atoms with E-state index in [2.05, 4.69) is 26.8 Å². The van der Waals surface area contributed by atoms with Crippen LogP contribution in [-0.2, 0) is 9.47 Å². The van der Waals surface area contributed by atoms with Crippen LogP contribution in [0.3, 0.4) is 0 Å². The maximum Gasteiger partial charge on any atom is 0.158 e. The number of ether oxygens (including phenoxy) is 2. The van der Waals surface area contributed by atoms with Crippen LogP contribution in [0.25, 0.3) is 0 Å². The van der Waals surface area contributed by atoms with E-state index in [9.17, 15) is 0 Å². The van der Waals surface area contributed by atoms with E-state index >= 15 is 0 Å². The van der Waals surface area contributed by atoms with Gasteiger partial charge in [0.1, 0.15) is 0 Å². The molecular weight excluding hydrogens is 224 g/mol. The molecule has 2 atom stereocenters. The quantitative estimate of drug-likeness (QED) is 0.684. The maximum absolute atomic E-state index is 5.51. The van der Waals surface area contributed by atoms with Crippen molar-refractivity contribution in [3.8, 4) is 0 Å².